The number of hydrogen-bond donors (Lipinski definition) is 0. The molecule has 0 fully saturated rings. The van der Waals surface area contributed by atoms with Crippen LogP contribution in [0, 0.1) is 23.7 Å². The number of thiazole rings is 2. The SMILES string of the molecule is CCCCCCCCCC#Cc1nc2c(ccc3c2ccc2sc(C#CCCCCCCCCC)nc23)s1. The van der Waals surface area contributed by atoms with E-state index in [1.54, 1.807) is 22.7 Å². The number of aromatic nitrogens is 2. The number of benzene rings is 2. The Morgan fingerprint density at radius 1 is 0.526 bits per heavy atom. The van der Waals surface area contributed by atoms with Crippen molar-refractivity contribution in [3.63, 3.8) is 0 Å². The number of unbranched alkanes of at least 4 members (excludes halogenated alkanes) is 14. The smallest absolute Gasteiger partial charge is 0.168 e. The van der Waals surface area contributed by atoms with Crippen molar-refractivity contribution < 1.29 is 0 Å². The van der Waals surface area contributed by atoms with Crippen LogP contribution < -0.4 is 0 Å². The molecule has 0 bridgehead atoms. The summed E-state index contributed by atoms with van der Waals surface area (Å²) in [4.78, 5) is 9.83. The average molecular weight is 543 g/mol. The van der Waals surface area contributed by atoms with E-state index in [1.165, 1.54) is 110 Å². The highest BCUT2D eigenvalue weighted by Crippen LogP contribution is 2.35. The van der Waals surface area contributed by atoms with Crippen LogP contribution in [-0.4, -0.2) is 9.97 Å². The van der Waals surface area contributed by atoms with E-state index in [4.69, 9.17) is 9.97 Å². The van der Waals surface area contributed by atoms with Crippen molar-refractivity contribution in [3.05, 3.63) is 34.3 Å². The molecule has 4 aromatic rings. The van der Waals surface area contributed by atoms with E-state index < -0.39 is 0 Å². The summed E-state index contributed by atoms with van der Waals surface area (Å²) in [7, 11) is 0. The van der Waals surface area contributed by atoms with Gasteiger partial charge in [-0.1, -0.05) is 115 Å². The van der Waals surface area contributed by atoms with E-state index in [0.717, 1.165) is 33.9 Å². The van der Waals surface area contributed by atoms with E-state index in [0.29, 0.717) is 0 Å². The molecule has 4 heteroatoms. The fraction of sp³-hybridized carbons (Fsp3) is 0.529. The zero-order chi connectivity index (χ0) is 26.4. The van der Waals surface area contributed by atoms with Gasteiger partial charge in [-0.3, -0.25) is 0 Å². The first-order valence-electron chi connectivity index (χ1n) is 14.9. The van der Waals surface area contributed by atoms with Crippen LogP contribution >= 0.6 is 22.7 Å². The molecule has 0 saturated heterocycles. The van der Waals surface area contributed by atoms with E-state index in [2.05, 4.69) is 61.8 Å². The Kier molecular flexibility index (Phi) is 12.0. The van der Waals surface area contributed by atoms with Crippen molar-refractivity contribution in [2.75, 3.05) is 0 Å². The topological polar surface area (TPSA) is 25.8 Å². The maximum Gasteiger partial charge on any atom is 0.168 e. The maximum absolute atomic E-state index is 4.92. The first-order chi connectivity index (χ1) is 18.8. The molecule has 0 amide bonds. The Balaban J connectivity index is 1.36. The van der Waals surface area contributed by atoms with Crippen LogP contribution in [0.25, 0.3) is 31.2 Å². The molecule has 4 rings (SSSR count). The van der Waals surface area contributed by atoms with Crippen molar-refractivity contribution in [1.82, 2.24) is 9.97 Å². The number of nitrogens with zero attached hydrogens (tertiary/aromatic N) is 2. The molecule has 0 unspecified atom stereocenters. The first-order valence-corrected chi connectivity index (χ1v) is 16.5. The van der Waals surface area contributed by atoms with Gasteiger partial charge < -0.3 is 0 Å². The molecular weight excluding hydrogens is 501 g/mol. The van der Waals surface area contributed by atoms with E-state index in [9.17, 15) is 0 Å². The van der Waals surface area contributed by atoms with Crippen LogP contribution in [0.2, 0.25) is 0 Å². The van der Waals surface area contributed by atoms with E-state index in [1.807, 2.05) is 0 Å². The summed E-state index contributed by atoms with van der Waals surface area (Å²) in [6, 6.07) is 8.76. The normalized spacial score (nSPS) is 11.1. The molecule has 0 spiro atoms. The Bertz CT molecular complexity index is 1310. The second-order valence-electron chi connectivity index (χ2n) is 10.3. The highest BCUT2D eigenvalue weighted by molar-refractivity contribution is 7.19. The molecule has 2 aromatic carbocycles. The van der Waals surface area contributed by atoms with Gasteiger partial charge in [-0.05, 0) is 36.8 Å². The molecule has 38 heavy (non-hydrogen) atoms. The van der Waals surface area contributed by atoms with Crippen LogP contribution in [-0.2, 0) is 0 Å². The van der Waals surface area contributed by atoms with Crippen LogP contribution in [0.15, 0.2) is 24.3 Å². The van der Waals surface area contributed by atoms with Crippen molar-refractivity contribution in [3.8, 4) is 23.7 Å². The van der Waals surface area contributed by atoms with E-state index in [-0.39, 0.29) is 0 Å². The molecule has 0 aliphatic carbocycles. The van der Waals surface area contributed by atoms with Crippen molar-refractivity contribution in [2.24, 2.45) is 0 Å². The quantitative estimate of drug-likeness (QED) is 0.117. The zero-order valence-electron chi connectivity index (χ0n) is 23.3. The summed E-state index contributed by atoms with van der Waals surface area (Å²) in [5, 5.41) is 4.18. The lowest BCUT2D eigenvalue weighted by molar-refractivity contribution is 0.594. The molecule has 2 nitrogen and oxygen atoms in total. The summed E-state index contributed by atoms with van der Waals surface area (Å²) in [6.07, 6.45) is 20.4. The maximum atomic E-state index is 4.92. The third kappa shape index (κ3) is 8.30. The summed E-state index contributed by atoms with van der Waals surface area (Å²) in [5.41, 5.74) is 2.10. The van der Waals surface area contributed by atoms with Gasteiger partial charge in [0.1, 0.15) is 0 Å². The summed E-state index contributed by atoms with van der Waals surface area (Å²) >= 11 is 3.40. The zero-order valence-corrected chi connectivity index (χ0v) is 25.0. The second-order valence-corrected chi connectivity index (χ2v) is 12.4. The van der Waals surface area contributed by atoms with Gasteiger partial charge >= 0.3 is 0 Å². The van der Waals surface area contributed by atoms with Crippen LogP contribution in [0.1, 0.15) is 127 Å². The van der Waals surface area contributed by atoms with Gasteiger partial charge in [0.25, 0.3) is 0 Å². The Morgan fingerprint density at radius 2 is 0.921 bits per heavy atom. The predicted molar refractivity (Wildman–Crippen MR) is 169 cm³/mol. The minimum absolute atomic E-state index is 0.922. The molecule has 0 saturated carbocycles. The molecular formula is C34H42N2S2. The van der Waals surface area contributed by atoms with Gasteiger partial charge in [0.2, 0.25) is 0 Å². The monoisotopic (exact) mass is 542 g/mol. The summed E-state index contributed by atoms with van der Waals surface area (Å²) < 4.78 is 2.39. The van der Waals surface area contributed by atoms with Gasteiger partial charge in [0, 0.05) is 23.6 Å². The highest BCUT2D eigenvalue weighted by Gasteiger charge is 2.11. The van der Waals surface area contributed by atoms with Crippen LogP contribution in [0.4, 0.5) is 0 Å². The molecule has 0 radical (unpaired) electrons. The summed E-state index contributed by atoms with van der Waals surface area (Å²) in [6.45, 7) is 4.54. The molecule has 0 atom stereocenters. The Hall–Kier alpha value is -2.40. The standard InChI is InChI=1S/C34H42N2S2/c1-3-5-7-9-11-13-15-17-19-21-31-35-33-27-24-26-30-34(28(27)23-25-29(33)37-31)36-32(38-30)22-20-18-16-14-12-10-8-6-4-2/h23-26H,3-18H2,1-2H3. The van der Waals surface area contributed by atoms with Crippen molar-refractivity contribution in [1.29, 1.82) is 0 Å². The fourth-order valence-electron chi connectivity index (χ4n) is 4.91. The lowest BCUT2D eigenvalue weighted by Crippen LogP contribution is -1.80. The van der Waals surface area contributed by atoms with Gasteiger partial charge in [0.15, 0.2) is 10.0 Å². The Morgan fingerprint density at radius 3 is 1.34 bits per heavy atom. The molecule has 0 N–H and O–H groups in total. The third-order valence-corrected chi connectivity index (χ3v) is 8.98. The number of rotatable bonds is 14. The number of fused-ring (bicyclic) bond motifs is 5. The molecule has 2 heterocycles. The Labute approximate surface area is 237 Å². The summed E-state index contributed by atoms with van der Waals surface area (Å²) in [5.74, 6) is 13.4. The largest absolute Gasteiger partial charge is 0.227 e. The lowest BCUT2D eigenvalue weighted by Gasteiger charge is -1.99. The van der Waals surface area contributed by atoms with Crippen molar-refractivity contribution in [2.45, 2.75) is 117 Å². The van der Waals surface area contributed by atoms with Crippen LogP contribution in [0.3, 0.4) is 0 Å². The van der Waals surface area contributed by atoms with Gasteiger partial charge in [-0.2, -0.15) is 0 Å². The van der Waals surface area contributed by atoms with Crippen LogP contribution in [0.5, 0.6) is 0 Å². The average Bonchev–Trinajstić information content (AvgIpc) is 3.55. The minimum atomic E-state index is 0.922. The third-order valence-electron chi connectivity index (χ3n) is 7.11. The van der Waals surface area contributed by atoms with Gasteiger partial charge in [0.05, 0.1) is 20.4 Å². The predicted octanol–water partition coefficient (Wildman–Crippen LogP) is 11.0. The minimum Gasteiger partial charge on any atom is -0.227 e. The lowest BCUT2D eigenvalue weighted by atomic mass is 10.1. The van der Waals surface area contributed by atoms with Crippen molar-refractivity contribution >= 4 is 53.9 Å². The molecule has 200 valence electrons. The number of hydrogen-bond acceptors (Lipinski definition) is 4. The first kappa shape index (κ1) is 28.6. The molecule has 0 aliphatic heterocycles. The van der Waals surface area contributed by atoms with E-state index >= 15 is 0 Å². The van der Waals surface area contributed by atoms with Gasteiger partial charge in [-0.15, -0.1) is 22.7 Å². The molecule has 0 aliphatic rings. The second kappa shape index (κ2) is 15.9. The van der Waals surface area contributed by atoms with Gasteiger partial charge in [-0.25, -0.2) is 9.97 Å². The molecule has 2 aromatic heterocycles. The highest BCUT2D eigenvalue weighted by atomic mass is 32.1. The fourth-order valence-corrected chi connectivity index (χ4v) is 6.62.